The van der Waals surface area contributed by atoms with Crippen LogP contribution in [-0.4, -0.2) is 13.7 Å². The third-order valence-corrected chi connectivity index (χ3v) is 22.2. The molecule has 14 aromatic carbocycles. The van der Waals surface area contributed by atoms with Crippen molar-refractivity contribution in [3.8, 4) is 50.4 Å². The molecule has 20 rings (SSSR count). The predicted octanol–water partition coefficient (Wildman–Crippen LogP) is 24.2. The molecule has 0 amide bonds. The first-order valence-electron chi connectivity index (χ1n) is 30.0. The number of benzene rings is 14. The molecule has 20 aromatic rings. The summed E-state index contributed by atoms with van der Waals surface area (Å²) >= 11 is 5.63. The van der Waals surface area contributed by atoms with E-state index >= 15 is 0 Å². The van der Waals surface area contributed by atoms with Crippen LogP contribution in [0.2, 0.25) is 0 Å². The van der Waals surface area contributed by atoms with Crippen LogP contribution in [0.4, 0.5) is 0 Å². The molecule has 6 heteroatoms. The van der Waals surface area contributed by atoms with Gasteiger partial charge in [-0.1, -0.05) is 158 Å². The summed E-state index contributed by atoms with van der Waals surface area (Å²) in [7, 11) is 0. The molecule has 0 N–H and O–H groups in total. The van der Waals surface area contributed by atoms with Crippen molar-refractivity contribution in [2.24, 2.45) is 0 Å². The first-order valence-corrected chi connectivity index (χ1v) is 32.5. The zero-order chi connectivity index (χ0) is 57.3. The number of fused-ring (bicyclic) bond motifs is 19. The molecule has 0 saturated carbocycles. The molecule has 0 atom stereocenters. The van der Waals surface area contributed by atoms with E-state index in [-0.39, 0.29) is 0 Å². The van der Waals surface area contributed by atoms with Crippen LogP contribution in [0.1, 0.15) is 0 Å². The molecule has 0 unspecified atom stereocenters. The molecule has 0 aliphatic carbocycles. The van der Waals surface area contributed by atoms with Gasteiger partial charge in [0.1, 0.15) is 0 Å². The van der Waals surface area contributed by atoms with Crippen molar-refractivity contribution in [1.82, 2.24) is 13.7 Å². The van der Waals surface area contributed by atoms with Crippen LogP contribution in [0.25, 0.3) is 187 Å². The highest BCUT2D eigenvalue weighted by molar-refractivity contribution is 7.26. The molecule has 0 aliphatic heterocycles. The van der Waals surface area contributed by atoms with E-state index < -0.39 is 0 Å². The maximum Gasteiger partial charge on any atom is 0.0555 e. The van der Waals surface area contributed by atoms with Crippen molar-refractivity contribution < 1.29 is 0 Å². The van der Waals surface area contributed by atoms with Crippen LogP contribution < -0.4 is 0 Å². The van der Waals surface area contributed by atoms with Crippen LogP contribution in [0.15, 0.2) is 285 Å². The number of nitrogens with zero attached hydrogens (tertiary/aromatic N) is 3. The zero-order valence-electron chi connectivity index (χ0n) is 47.2. The second kappa shape index (κ2) is 18.5. The molecule has 6 aromatic heterocycles. The lowest BCUT2D eigenvalue weighted by Crippen LogP contribution is -1.95. The van der Waals surface area contributed by atoms with E-state index in [0.29, 0.717) is 0 Å². The Morgan fingerprint density at radius 1 is 0.182 bits per heavy atom. The van der Waals surface area contributed by atoms with Gasteiger partial charge in [0.15, 0.2) is 0 Å². The molecule has 0 radical (unpaired) electrons. The summed E-state index contributed by atoms with van der Waals surface area (Å²) in [5, 5.41) is 17.9. The Morgan fingerprint density at radius 2 is 0.580 bits per heavy atom. The molecule has 0 saturated heterocycles. The summed E-state index contributed by atoms with van der Waals surface area (Å²) < 4.78 is 15.3. The maximum atomic E-state index is 2.47. The smallest absolute Gasteiger partial charge is 0.0555 e. The number of para-hydroxylation sites is 3. The summed E-state index contributed by atoms with van der Waals surface area (Å²) in [5.74, 6) is 0. The highest BCUT2D eigenvalue weighted by Gasteiger charge is 2.21. The van der Waals surface area contributed by atoms with Gasteiger partial charge in [-0.15, -0.1) is 34.0 Å². The Kier molecular flexibility index (Phi) is 10.2. The van der Waals surface area contributed by atoms with Gasteiger partial charge in [-0.25, -0.2) is 0 Å². The van der Waals surface area contributed by atoms with Crippen LogP contribution in [-0.2, 0) is 0 Å². The standard InChI is InChI=1S/C82H47N3S3/c1-7-22-71-57(16-1)65-42-68-60-19-4-10-25-77(60)86-80(68)45-74(65)83(71)54-34-30-48(31-35-54)51-28-29-52-38-53(50-14-13-15-56(39-50)85-73-24-9-3-18-59(73)67-44-70-62-21-6-12-27-79(62)88-82(70)47-76(67)85)41-63(64(52)40-51)49-32-36-55(37-33-49)84-72-23-8-2-17-58(72)66-43-69-61-20-5-11-26-78(61)87-81(69)46-75(66)84/h1-47H. The molecule has 0 fully saturated rings. The van der Waals surface area contributed by atoms with Gasteiger partial charge in [-0.2, -0.15) is 0 Å². The number of aromatic nitrogens is 3. The summed E-state index contributed by atoms with van der Waals surface area (Å²) in [6, 6.07) is 107. The van der Waals surface area contributed by atoms with E-state index in [0.717, 1.165) is 17.1 Å². The van der Waals surface area contributed by atoms with Crippen molar-refractivity contribution in [2.75, 3.05) is 0 Å². The Hall–Kier alpha value is -10.6. The molecular weight excluding hydrogens is 1120 g/mol. The van der Waals surface area contributed by atoms with Crippen LogP contribution >= 0.6 is 34.0 Å². The van der Waals surface area contributed by atoms with E-state index in [1.165, 1.54) is 170 Å². The summed E-state index contributed by atoms with van der Waals surface area (Å²) in [5.41, 5.74) is 17.8. The van der Waals surface area contributed by atoms with Crippen molar-refractivity contribution in [1.29, 1.82) is 0 Å². The fraction of sp³-hybridized carbons (Fsp3) is 0. The monoisotopic (exact) mass is 1170 g/mol. The minimum atomic E-state index is 1.14. The molecule has 0 spiro atoms. The average Bonchev–Trinajstić information content (AvgIpc) is 1.82. The van der Waals surface area contributed by atoms with Gasteiger partial charge in [0, 0.05) is 110 Å². The second-order valence-corrected chi connectivity index (χ2v) is 26.8. The number of hydrogen-bond donors (Lipinski definition) is 0. The Labute approximate surface area is 516 Å². The summed E-state index contributed by atoms with van der Waals surface area (Å²) in [6.07, 6.45) is 0. The molecule has 0 aliphatic rings. The van der Waals surface area contributed by atoms with Gasteiger partial charge in [0.2, 0.25) is 0 Å². The summed E-state index contributed by atoms with van der Waals surface area (Å²) in [4.78, 5) is 0. The zero-order valence-corrected chi connectivity index (χ0v) is 49.7. The number of thiophene rings is 3. The topological polar surface area (TPSA) is 14.8 Å². The first kappa shape index (κ1) is 48.6. The van der Waals surface area contributed by atoms with Crippen LogP contribution in [0.3, 0.4) is 0 Å². The lowest BCUT2D eigenvalue weighted by atomic mass is 9.91. The second-order valence-electron chi connectivity index (χ2n) is 23.6. The average molecular weight is 1170 g/mol. The normalized spacial score (nSPS) is 12.3. The highest BCUT2D eigenvalue weighted by atomic mass is 32.1. The van der Waals surface area contributed by atoms with Gasteiger partial charge in [0.25, 0.3) is 0 Å². The first-order chi connectivity index (χ1) is 43.6. The number of hydrogen-bond acceptors (Lipinski definition) is 3. The highest BCUT2D eigenvalue weighted by Crippen LogP contribution is 2.46. The van der Waals surface area contributed by atoms with E-state index in [4.69, 9.17) is 0 Å². The Balaban J connectivity index is 0.742. The molecule has 408 valence electrons. The van der Waals surface area contributed by atoms with Crippen molar-refractivity contribution in [2.45, 2.75) is 0 Å². The minimum absolute atomic E-state index is 1.14. The summed E-state index contributed by atoms with van der Waals surface area (Å²) in [6.45, 7) is 0. The van der Waals surface area contributed by atoms with Crippen molar-refractivity contribution in [3.63, 3.8) is 0 Å². The largest absolute Gasteiger partial charge is 0.309 e. The van der Waals surface area contributed by atoms with Gasteiger partial charge in [-0.3, -0.25) is 0 Å². The molecular formula is C82H47N3S3. The van der Waals surface area contributed by atoms with E-state index in [2.05, 4.69) is 299 Å². The predicted molar refractivity (Wildman–Crippen MR) is 382 cm³/mol. The van der Waals surface area contributed by atoms with Crippen LogP contribution in [0.5, 0.6) is 0 Å². The maximum absolute atomic E-state index is 2.47. The minimum Gasteiger partial charge on any atom is -0.309 e. The SMILES string of the molecule is c1cc(-c2cc(-c3ccc(-n4c5ccccc5c5cc6c(cc54)sc4ccccc46)cc3)c3cc(-c4ccc(-n5c6ccccc6c6cc7c(cc65)sc5ccccc57)cc4)ccc3c2)cc(-n2c3ccccc3c3cc4c(cc32)sc2ccccc24)c1. The molecule has 6 heterocycles. The van der Waals surface area contributed by atoms with Gasteiger partial charge < -0.3 is 13.7 Å². The van der Waals surface area contributed by atoms with Gasteiger partial charge in [-0.05, 0) is 172 Å². The van der Waals surface area contributed by atoms with E-state index in [1.807, 2.05) is 34.0 Å². The molecule has 0 bridgehead atoms. The fourth-order valence-electron chi connectivity index (χ4n) is 14.8. The van der Waals surface area contributed by atoms with Crippen molar-refractivity contribution >= 4 is 171 Å². The molecule has 88 heavy (non-hydrogen) atoms. The van der Waals surface area contributed by atoms with Crippen molar-refractivity contribution in [3.05, 3.63) is 285 Å². The lowest BCUT2D eigenvalue weighted by molar-refractivity contribution is 1.18. The Morgan fingerprint density at radius 3 is 1.06 bits per heavy atom. The Bertz CT molecular complexity index is 6360. The van der Waals surface area contributed by atoms with Crippen LogP contribution in [0, 0.1) is 0 Å². The number of rotatable bonds is 6. The van der Waals surface area contributed by atoms with E-state index in [1.54, 1.807) is 0 Å². The third-order valence-electron chi connectivity index (χ3n) is 18.8. The van der Waals surface area contributed by atoms with E-state index in [9.17, 15) is 0 Å². The lowest BCUT2D eigenvalue weighted by Gasteiger charge is -2.16. The fourth-order valence-corrected chi connectivity index (χ4v) is 18.1. The molecule has 3 nitrogen and oxygen atoms in total. The van der Waals surface area contributed by atoms with Gasteiger partial charge in [0.05, 0.1) is 33.1 Å². The third kappa shape index (κ3) is 7.10. The van der Waals surface area contributed by atoms with Gasteiger partial charge >= 0.3 is 0 Å². The quantitative estimate of drug-likeness (QED) is 0.158.